The Balaban J connectivity index is 2.57. The van der Waals surface area contributed by atoms with E-state index < -0.39 is 0 Å². The summed E-state index contributed by atoms with van der Waals surface area (Å²) in [6, 6.07) is 7.17. The first-order chi connectivity index (χ1) is 8.90. The second-order valence-corrected chi connectivity index (χ2v) is 4.85. The van der Waals surface area contributed by atoms with Crippen molar-refractivity contribution in [1.29, 1.82) is 0 Å². The fourth-order valence-corrected chi connectivity index (χ4v) is 1.42. The summed E-state index contributed by atoms with van der Waals surface area (Å²) in [5.74, 6) is -0.0902. The summed E-state index contributed by atoms with van der Waals surface area (Å²) >= 11 is 0. The number of anilines is 1. The molecule has 0 aliphatic carbocycles. The number of nitrogens with zero attached hydrogens (tertiary/aromatic N) is 1. The second kappa shape index (κ2) is 6.78. The third-order valence-corrected chi connectivity index (χ3v) is 2.51. The van der Waals surface area contributed by atoms with Crippen LogP contribution in [-0.2, 0) is 4.79 Å². The van der Waals surface area contributed by atoms with Crippen LogP contribution in [0.2, 0.25) is 0 Å². The van der Waals surface area contributed by atoms with Crippen LogP contribution in [0.3, 0.4) is 0 Å². The molecule has 0 aliphatic rings. The standard InChI is InChI=1S/C14H21N3O2/c1-10(2)16-14(19)11-5-7-12(8-6-11)15-9-13(18)17(3)4/h5-8,10,15H,9H2,1-4H3,(H,16,19). The minimum atomic E-state index is -0.0917. The lowest BCUT2D eigenvalue weighted by Gasteiger charge is -2.12. The molecule has 0 heterocycles. The van der Waals surface area contributed by atoms with Gasteiger partial charge in [-0.05, 0) is 38.1 Å². The molecule has 104 valence electrons. The molecule has 0 saturated heterocycles. The third kappa shape index (κ3) is 4.99. The molecule has 0 aromatic heterocycles. The molecule has 0 spiro atoms. The molecule has 0 aliphatic heterocycles. The summed E-state index contributed by atoms with van der Waals surface area (Å²) in [5.41, 5.74) is 1.43. The predicted molar refractivity (Wildman–Crippen MR) is 76.2 cm³/mol. The summed E-state index contributed by atoms with van der Waals surface area (Å²) in [5, 5.41) is 5.83. The Morgan fingerprint density at radius 3 is 2.21 bits per heavy atom. The number of amides is 2. The number of likely N-dealkylation sites (N-methyl/N-ethyl adjacent to an activating group) is 1. The Morgan fingerprint density at radius 2 is 1.74 bits per heavy atom. The number of carbonyl (C=O) groups is 2. The van der Waals surface area contributed by atoms with Gasteiger partial charge in [0.1, 0.15) is 0 Å². The van der Waals surface area contributed by atoms with Gasteiger partial charge in [0.05, 0.1) is 6.54 Å². The van der Waals surface area contributed by atoms with E-state index in [4.69, 9.17) is 0 Å². The van der Waals surface area contributed by atoms with E-state index >= 15 is 0 Å². The molecule has 0 radical (unpaired) electrons. The zero-order valence-corrected chi connectivity index (χ0v) is 11.9. The van der Waals surface area contributed by atoms with Crippen LogP contribution in [-0.4, -0.2) is 43.4 Å². The summed E-state index contributed by atoms with van der Waals surface area (Å²) in [6.45, 7) is 4.08. The van der Waals surface area contributed by atoms with E-state index in [0.717, 1.165) is 5.69 Å². The largest absolute Gasteiger partial charge is 0.376 e. The van der Waals surface area contributed by atoms with Crippen LogP contribution in [0.25, 0.3) is 0 Å². The molecule has 0 unspecified atom stereocenters. The molecular formula is C14H21N3O2. The number of carbonyl (C=O) groups excluding carboxylic acids is 2. The molecule has 2 N–H and O–H groups in total. The van der Waals surface area contributed by atoms with Crippen LogP contribution in [0.1, 0.15) is 24.2 Å². The van der Waals surface area contributed by atoms with Gasteiger partial charge in [0.25, 0.3) is 5.91 Å². The van der Waals surface area contributed by atoms with Crippen LogP contribution in [0, 0.1) is 0 Å². The quantitative estimate of drug-likeness (QED) is 0.842. The first kappa shape index (κ1) is 15.0. The van der Waals surface area contributed by atoms with Gasteiger partial charge >= 0.3 is 0 Å². The van der Waals surface area contributed by atoms with E-state index in [1.165, 1.54) is 4.90 Å². The average molecular weight is 263 g/mol. The molecule has 5 nitrogen and oxygen atoms in total. The van der Waals surface area contributed by atoms with Crippen molar-refractivity contribution in [2.45, 2.75) is 19.9 Å². The lowest BCUT2D eigenvalue weighted by Crippen LogP contribution is -2.30. The fraction of sp³-hybridized carbons (Fsp3) is 0.429. The number of hydrogen-bond acceptors (Lipinski definition) is 3. The van der Waals surface area contributed by atoms with E-state index in [-0.39, 0.29) is 24.4 Å². The highest BCUT2D eigenvalue weighted by atomic mass is 16.2. The Kier molecular flexibility index (Phi) is 5.36. The van der Waals surface area contributed by atoms with Gasteiger partial charge in [-0.3, -0.25) is 9.59 Å². The zero-order valence-electron chi connectivity index (χ0n) is 11.9. The SMILES string of the molecule is CC(C)NC(=O)c1ccc(NCC(=O)N(C)C)cc1. The Morgan fingerprint density at radius 1 is 1.16 bits per heavy atom. The number of benzene rings is 1. The maximum Gasteiger partial charge on any atom is 0.251 e. The molecule has 2 amide bonds. The smallest absolute Gasteiger partial charge is 0.251 e. The maximum absolute atomic E-state index is 11.7. The average Bonchev–Trinajstić information content (AvgIpc) is 2.35. The van der Waals surface area contributed by atoms with Gasteiger partial charge in [-0.15, -0.1) is 0 Å². The highest BCUT2D eigenvalue weighted by molar-refractivity contribution is 5.94. The van der Waals surface area contributed by atoms with Crippen molar-refractivity contribution in [2.24, 2.45) is 0 Å². The molecule has 0 saturated carbocycles. The van der Waals surface area contributed by atoms with Gasteiger partial charge in [-0.25, -0.2) is 0 Å². The van der Waals surface area contributed by atoms with Crippen LogP contribution < -0.4 is 10.6 Å². The lowest BCUT2D eigenvalue weighted by molar-refractivity contribution is -0.126. The van der Waals surface area contributed by atoms with E-state index in [9.17, 15) is 9.59 Å². The Bertz CT molecular complexity index is 439. The van der Waals surface area contributed by atoms with E-state index in [0.29, 0.717) is 5.56 Å². The van der Waals surface area contributed by atoms with Crippen molar-refractivity contribution in [3.63, 3.8) is 0 Å². The number of rotatable bonds is 5. The molecule has 0 atom stereocenters. The number of nitrogens with one attached hydrogen (secondary N) is 2. The fourth-order valence-electron chi connectivity index (χ4n) is 1.42. The molecular weight excluding hydrogens is 242 g/mol. The minimum absolute atomic E-state index is 0.00151. The van der Waals surface area contributed by atoms with Crippen LogP contribution in [0.15, 0.2) is 24.3 Å². The van der Waals surface area contributed by atoms with Gasteiger partial charge in [-0.1, -0.05) is 0 Å². The second-order valence-electron chi connectivity index (χ2n) is 4.85. The first-order valence-electron chi connectivity index (χ1n) is 6.25. The minimum Gasteiger partial charge on any atom is -0.376 e. The summed E-state index contributed by atoms with van der Waals surface area (Å²) in [4.78, 5) is 24.7. The lowest BCUT2D eigenvalue weighted by atomic mass is 10.2. The van der Waals surface area contributed by atoms with Gasteiger partial charge < -0.3 is 15.5 Å². The molecule has 1 rings (SSSR count). The highest BCUT2D eigenvalue weighted by Crippen LogP contribution is 2.09. The first-order valence-corrected chi connectivity index (χ1v) is 6.25. The Hall–Kier alpha value is -2.04. The van der Waals surface area contributed by atoms with Crippen molar-refractivity contribution in [1.82, 2.24) is 10.2 Å². The third-order valence-electron chi connectivity index (χ3n) is 2.51. The van der Waals surface area contributed by atoms with Gasteiger partial charge in [0, 0.05) is 31.4 Å². The topological polar surface area (TPSA) is 61.4 Å². The van der Waals surface area contributed by atoms with Crippen molar-refractivity contribution in [3.8, 4) is 0 Å². The predicted octanol–water partition coefficient (Wildman–Crippen LogP) is 1.32. The van der Waals surface area contributed by atoms with Crippen LogP contribution >= 0.6 is 0 Å². The van der Waals surface area contributed by atoms with E-state index in [1.54, 1.807) is 38.4 Å². The van der Waals surface area contributed by atoms with Crippen LogP contribution in [0.5, 0.6) is 0 Å². The van der Waals surface area contributed by atoms with Crippen LogP contribution in [0.4, 0.5) is 5.69 Å². The highest BCUT2D eigenvalue weighted by Gasteiger charge is 2.07. The van der Waals surface area contributed by atoms with E-state index in [2.05, 4.69) is 10.6 Å². The monoisotopic (exact) mass is 263 g/mol. The van der Waals surface area contributed by atoms with E-state index in [1.807, 2.05) is 13.8 Å². The van der Waals surface area contributed by atoms with Gasteiger partial charge in [0.15, 0.2) is 0 Å². The molecule has 1 aromatic rings. The summed E-state index contributed by atoms with van der Waals surface area (Å²) < 4.78 is 0. The normalized spacial score (nSPS) is 10.2. The van der Waals surface area contributed by atoms with Crippen molar-refractivity contribution in [2.75, 3.05) is 26.0 Å². The van der Waals surface area contributed by atoms with Crippen molar-refractivity contribution in [3.05, 3.63) is 29.8 Å². The molecule has 0 fully saturated rings. The molecule has 0 bridgehead atoms. The Labute approximate surface area is 114 Å². The van der Waals surface area contributed by atoms with Gasteiger partial charge in [0.2, 0.25) is 5.91 Å². The molecule has 19 heavy (non-hydrogen) atoms. The molecule has 5 heteroatoms. The summed E-state index contributed by atoms with van der Waals surface area (Å²) in [6.07, 6.45) is 0. The number of hydrogen-bond donors (Lipinski definition) is 2. The molecule has 1 aromatic carbocycles. The van der Waals surface area contributed by atoms with Crippen molar-refractivity contribution >= 4 is 17.5 Å². The van der Waals surface area contributed by atoms with Gasteiger partial charge in [-0.2, -0.15) is 0 Å². The van der Waals surface area contributed by atoms with Crippen molar-refractivity contribution < 1.29 is 9.59 Å². The maximum atomic E-state index is 11.7. The summed E-state index contributed by atoms with van der Waals surface area (Å²) in [7, 11) is 3.42. The zero-order chi connectivity index (χ0) is 14.4.